The third kappa shape index (κ3) is 3.91. The minimum atomic E-state index is -0.291. The summed E-state index contributed by atoms with van der Waals surface area (Å²) in [4.78, 5) is 11.3. The van der Waals surface area contributed by atoms with E-state index in [2.05, 4.69) is 11.7 Å². The van der Waals surface area contributed by atoms with Crippen molar-refractivity contribution in [2.24, 2.45) is 0 Å². The highest BCUT2D eigenvalue weighted by Gasteiger charge is 2.06. The zero-order valence-corrected chi connectivity index (χ0v) is 11.4. The van der Waals surface area contributed by atoms with Crippen molar-refractivity contribution in [2.75, 3.05) is 13.7 Å². The predicted octanol–water partition coefficient (Wildman–Crippen LogP) is 3.19. The van der Waals surface area contributed by atoms with Crippen LogP contribution in [0.25, 0.3) is 0 Å². The van der Waals surface area contributed by atoms with Gasteiger partial charge in [0.1, 0.15) is 12.4 Å². The molecule has 0 amide bonds. The molecule has 0 bridgehead atoms. The number of hydrogen-bond acceptors (Lipinski definition) is 3. The van der Waals surface area contributed by atoms with Crippen molar-refractivity contribution in [1.29, 1.82) is 0 Å². The SMILES string of the molecule is CCC(=CCOc1ccc(C)c(C)c1)C(=O)OC. The van der Waals surface area contributed by atoms with Crippen molar-refractivity contribution in [3.63, 3.8) is 0 Å². The lowest BCUT2D eigenvalue weighted by molar-refractivity contribution is -0.136. The van der Waals surface area contributed by atoms with Crippen LogP contribution in [0.3, 0.4) is 0 Å². The van der Waals surface area contributed by atoms with Gasteiger partial charge < -0.3 is 9.47 Å². The van der Waals surface area contributed by atoms with Crippen molar-refractivity contribution >= 4 is 5.97 Å². The fourth-order valence-corrected chi connectivity index (χ4v) is 1.55. The molecule has 0 aliphatic carbocycles. The summed E-state index contributed by atoms with van der Waals surface area (Å²) in [7, 11) is 1.38. The van der Waals surface area contributed by atoms with E-state index in [4.69, 9.17) is 4.74 Å². The topological polar surface area (TPSA) is 35.5 Å². The van der Waals surface area contributed by atoms with E-state index in [1.165, 1.54) is 18.2 Å². The van der Waals surface area contributed by atoms with E-state index < -0.39 is 0 Å². The number of ether oxygens (including phenoxy) is 2. The Kier molecular flexibility index (Phi) is 5.43. The molecule has 0 N–H and O–H groups in total. The molecule has 0 saturated carbocycles. The zero-order chi connectivity index (χ0) is 13.5. The van der Waals surface area contributed by atoms with Crippen LogP contribution in [0.15, 0.2) is 29.8 Å². The van der Waals surface area contributed by atoms with Crippen LogP contribution in [-0.2, 0) is 9.53 Å². The van der Waals surface area contributed by atoms with Gasteiger partial charge in [0, 0.05) is 5.57 Å². The Morgan fingerprint density at radius 2 is 2.00 bits per heavy atom. The van der Waals surface area contributed by atoms with Gasteiger partial charge in [0.05, 0.1) is 7.11 Å². The molecule has 0 saturated heterocycles. The summed E-state index contributed by atoms with van der Waals surface area (Å²) in [5, 5.41) is 0. The Labute approximate surface area is 108 Å². The van der Waals surface area contributed by atoms with Gasteiger partial charge in [-0.3, -0.25) is 0 Å². The lowest BCUT2D eigenvalue weighted by Crippen LogP contribution is -2.06. The van der Waals surface area contributed by atoms with Crippen molar-refractivity contribution in [2.45, 2.75) is 27.2 Å². The molecule has 1 rings (SSSR count). The lowest BCUT2D eigenvalue weighted by atomic mass is 10.1. The van der Waals surface area contributed by atoms with Gasteiger partial charge in [-0.25, -0.2) is 4.79 Å². The van der Waals surface area contributed by atoms with Crippen LogP contribution >= 0.6 is 0 Å². The average molecular weight is 248 g/mol. The van der Waals surface area contributed by atoms with Crippen molar-refractivity contribution < 1.29 is 14.3 Å². The highest BCUT2D eigenvalue weighted by Crippen LogP contribution is 2.16. The van der Waals surface area contributed by atoms with Crippen LogP contribution in [0.4, 0.5) is 0 Å². The van der Waals surface area contributed by atoms with E-state index in [0.717, 1.165) is 5.75 Å². The van der Waals surface area contributed by atoms with Gasteiger partial charge in [-0.15, -0.1) is 0 Å². The minimum Gasteiger partial charge on any atom is -0.490 e. The summed E-state index contributed by atoms with van der Waals surface area (Å²) >= 11 is 0. The van der Waals surface area contributed by atoms with Gasteiger partial charge in [-0.2, -0.15) is 0 Å². The molecule has 1 aromatic carbocycles. The first-order chi connectivity index (χ1) is 8.58. The summed E-state index contributed by atoms with van der Waals surface area (Å²) in [6.07, 6.45) is 2.41. The largest absolute Gasteiger partial charge is 0.490 e. The number of hydrogen-bond donors (Lipinski definition) is 0. The molecule has 0 heterocycles. The second-order valence-corrected chi connectivity index (χ2v) is 4.13. The molecule has 18 heavy (non-hydrogen) atoms. The Bertz CT molecular complexity index is 447. The summed E-state index contributed by atoms with van der Waals surface area (Å²) in [5.41, 5.74) is 3.07. The molecule has 98 valence electrons. The number of rotatable bonds is 5. The lowest BCUT2D eigenvalue weighted by Gasteiger charge is -2.07. The molecule has 1 aromatic rings. The van der Waals surface area contributed by atoms with Gasteiger partial charge >= 0.3 is 5.97 Å². The number of benzene rings is 1. The van der Waals surface area contributed by atoms with Crippen molar-refractivity contribution in [3.8, 4) is 5.75 Å². The van der Waals surface area contributed by atoms with Crippen LogP contribution in [0.5, 0.6) is 5.75 Å². The molecule has 0 radical (unpaired) electrons. The molecule has 0 atom stereocenters. The van der Waals surface area contributed by atoms with E-state index >= 15 is 0 Å². The Hall–Kier alpha value is -1.77. The Morgan fingerprint density at radius 3 is 2.56 bits per heavy atom. The van der Waals surface area contributed by atoms with E-state index in [9.17, 15) is 4.79 Å². The molecule has 3 nitrogen and oxygen atoms in total. The molecule has 0 unspecified atom stereocenters. The maximum Gasteiger partial charge on any atom is 0.333 e. The van der Waals surface area contributed by atoms with Gasteiger partial charge in [-0.05, 0) is 49.6 Å². The number of aryl methyl sites for hydroxylation is 2. The second-order valence-electron chi connectivity index (χ2n) is 4.13. The standard InChI is InChI=1S/C15H20O3/c1-5-13(15(16)17-4)8-9-18-14-7-6-11(2)12(3)10-14/h6-8,10H,5,9H2,1-4H3. The predicted molar refractivity (Wildman–Crippen MR) is 71.8 cm³/mol. The third-order valence-corrected chi connectivity index (χ3v) is 2.89. The van der Waals surface area contributed by atoms with Crippen LogP contribution < -0.4 is 4.74 Å². The number of methoxy groups -OCH3 is 1. The highest BCUT2D eigenvalue weighted by atomic mass is 16.5. The van der Waals surface area contributed by atoms with Crippen molar-refractivity contribution in [1.82, 2.24) is 0 Å². The highest BCUT2D eigenvalue weighted by molar-refractivity contribution is 5.88. The van der Waals surface area contributed by atoms with Gasteiger partial charge in [-0.1, -0.05) is 13.0 Å². The van der Waals surface area contributed by atoms with Gasteiger partial charge in [0.25, 0.3) is 0 Å². The van der Waals surface area contributed by atoms with Crippen LogP contribution in [0.1, 0.15) is 24.5 Å². The maximum atomic E-state index is 11.3. The molecule has 0 aromatic heterocycles. The number of carbonyl (C=O) groups excluding carboxylic acids is 1. The monoisotopic (exact) mass is 248 g/mol. The smallest absolute Gasteiger partial charge is 0.333 e. The summed E-state index contributed by atoms with van der Waals surface area (Å²) in [5.74, 6) is 0.524. The summed E-state index contributed by atoms with van der Waals surface area (Å²) in [6.45, 7) is 6.40. The van der Waals surface area contributed by atoms with E-state index in [-0.39, 0.29) is 5.97 Å². The van der Waals surface area contributed by atoms with E-state index in [1.54, 1.807) is 6.08 Å². The Morgan fingerprint density at radius 1 is 1.28 bits per heavy atom. The van der Waals surface area contributed by atoms with Crippen LogP contribution in [0, 0.1) is 13.8 Å². The average Bonchev–Trinajstić information content (AvgIpc) is 2.38. The first kappa shape index (κ1) is 14.3. The number of carbonyl (C=O) groups is 1. The van der Waals surface area contributed by atoms with Crippen LogP contribution in [0.2, 0.25) is 0 Å². The molecule has 3 heteroatoms. The van der Waals surface area contributed by atoms with Gasteiger partial charge in [0.2, 0.25) is 0 Å². The minimum absolute atomic E-state index is 0.291. The third-order valence-electron chi connectivity index (χ3n) is 2.89. The first-order valence-corrected chi connectivity index (χ1v) is 6.05. The van der Waals surface area contributed by atoms with Crippen molar-refractivity contribution in [3.05, 3.63) is 41.0 Å². The molecule has 0 aliphatic heterocycles. The van der Waals surface area contributed by atoms with E-state index in [0.29, 0.717) is 18.6 Å². The second kappa shape index (κ2) is 6.84. The molecular formula is C15H20O3. The molecule has 0 spiro atoms. The Balaban J connectivity index is 2.62. The quantitative estimate of drug-likeness (QED) is 0.593. The van der Waals surface area contributed by atoms with Gasteiger partial charge in [0.15, 0.2) is 0 Å². The van der Waals surface area contributed by atoms with Crippen LogP contribution in [-0.4, -0.2) is 19.7 Å². The van der Waals surface area contributed by atoms with E-state index in [1.807, 2.05) is 32.0 Å². The normalized spacial score (nSPS) is 11.2. The fraction of sp³-hybridized carbons (Fsp3) is 0.400. The molecular weight excluding hydrogens is 228 g/mol. The maximum absolute atomic E-state index is 11.3. The zero-order valence-electron chi connectivity index (χ0n) is 11.4. The summed E-state index contributed by atoms with van der Waals surface area (Å²) < 4.78 is 10.3. The summed E-state index contributed by atoms with van der Waals surface area (Å²) in [6, 6.07) is 5.95. The molecule has 0 fully saturated rings. The molecule has 0 aliphatic rings. The number of esters is 1. The first-order valence-electron chi connectivity index (χ1n) is 6.05. The fourth-order valence-electron chi connectivity index (χ4n) is 1.55.